The van der Waals surface area contributed by atoms with Crippen molar-refractivity contribution in [3.05, 3.63) is 35.4 Å². The molecule has 1 aromatic carbocycles. The molecule has 0 amide bonds. The van der Waals surface area contributed by atoms with Crippen LogP contribution in [0.2, 0.25) is 0 Å². The second-order valence-electron chi connectivity index (χ2n) is 6.34. The summed E-state index contributed by atoms with van der Waals surface area (Å²) in [5, 5.41) is 9.12. The molecule has 1 atom stereocenters. The molecule has 1 aliphatic rings. The molecular formula is C16H24N2O2. The zero-order chi connectivity index (χ0) is 14.8. The fourth-order valence-corrected chi connectivity index (χ4v) is 2.73. The SMILES string of the molecule is CC(C)Cc1ccc(CN2CCC(N)(C(=O)O)C2)cc1. The summed E-state index contributed by atoms with van der Waals surface area (Å²) in [5.41, 5.74) is 7.38. The Hall–Kier alpha value is -1.39. The second kappa shape index (κ2) is 5.94. The standard InChI is InChI=1S/C16H24N2O2/c1-12(2)9-13-3-5-14(6-4-13)10-18-8-7-16(17,11-18)15(19)20/h3-6,12H,7-11,17H2,1-2H3,(H,19,20). The van der Waals surface area contributed by atoms with E-state index in [0.717, 1.165) is 19.5 Å². The van der Waals surface area contributed by atoms with Gasteiger partial charge in [0.25, 0.3) is 0 Å². The van der Waals surface area contributed by atoms with Gasteiger partial charge in [-0.15, -0.1) is 0 Å². The van der Waals surface area contributed by atoms with Crippen molar-refractivity contribution in [3.8, 4) is 0 Å². The Labute approximate surface area is 120 Å². The van der Waals surface area contributed by atoms with E-state index in [4.69, 9.17) is 10.8 Å². The van der Waals surface area contributed by atoms with Crippen LogP contribution in [0.25, 0.3) is 0 Å². The van der Waals surface area contributed by atoms with Crippen LogP contribution in [0, 0.1) is 5.92 Å². The van der Waals surface area contributed by atoms with Crippen molar-refractivity contribution in [1.29, 1.82) is 0 Å². The summed E-state index contributed by atoms with van der Waals surface area (Å²) in [4.78, 5) is 13.2. The van der Waals surface area contributed by atoms with Crippen LogP contribution < -0.4 is 5.73 Å². The monoisotopic (exact) mass is 276 g/mol. The van der Waals surface area contributed by atoms with Crippen LogP contribution in [0.15, 0.2) is 24.3 Å². The highest BCUT2D eigenvalue weighted by Crippen LogP contribution is 2.21. The van der Waals surface area contributed by atoms with E-state index in [1.165, 1.54) is 11.1 Å². The maximum absolute atomic E-state index is 11.1. The zero-order valence-corrected chi connectivity index (χ0v) is 12.3. The van der Waals surface area contributed by atoms with Gasteiger partial charge in [0.1, 0.15) is 5.54 Å². The molecular weight excluding hydrogens is 252 g/mol. The second-order valence-corrected chi connectivity index (χ2v) is 6.34. The van der Waals surface area contributed by atoms with E-state index in [1.807, 2.05) is 0 Å². The Morgan fingerprint density at radius 2 is 1.95 bits per heavy atom. The normalized spacial score (nSPS) is 23.4. The Kier molecular flexibility index (Phi) is 4.45. The van der Waals surface area contributed by atoms with Gasteiger partial charge in [0.05, 0.1) is 0 Å². The molecule has 0 bridgehead atoms. The van der Waals surface area contributed by atoms with Gasteiger partial charge in [-0.05, 0) is 29.9 Å². The first-order valence-electron chi connectivity index (χ1n) is 7.21. The smallest absolute Gasteiger partial charge is 0.325 e. The molecule has 0 radical (unpaired) electrons. The molecule has 1 aliphatic heterocycles. The van der Waals surface area contributed by atoms with E-state index in [2.05, 4.69) is 43.0 Å². The van der Waals surface area contributed by atoms with Crippen molar-refractivity contribution >= 4 is 5.97 Å². The van der Waals surface area contributed by atoms with Gasteiger partial charge in [0, 0.05) is 19.6 Å². The van der Waals surface area contributed by atoms with Crippen LogP contribution in [-0.4, -0.2) is 34.6 Å². The van der Waals surface area contributed by atoms with Gasteiger partial charge in [0.15, 0.2) is 0 Å². The van der Waals surface area contributed by atoms with Crippen LogP contribution in [-0.2, 0) is 17.8 Å². The van der Waals surface area contributed by atoms with Crippen molar-refractivity contribution in [1.82, 2.24) is 4.90 Å². The van der Waals surface area contributed by atoms with Gasteiger partial charge in [-0.3, -0.25) is 9.69 Å². The van der Waals surface area contributed by atoms with E-state index in [-0.39, 0.29) is 0 Å². The lowest BCUT2D eigenvalue weighted by Gasteiger charge is -2.20. The van der Waals surface area contributed by atoms with Gasteiger partial charge in [0.2, 0.25) is 0 Å². The summed E-state index contributed by atoms with van der Waals surface area (Å²) in [6, 6.07) is 8.60. The summed E-state index contributed by atoms with van der Waals surface area (Å²) in [5.74, 6) is -0.236. The fourth-order valence-electron chi connectivity index (χ4n) is 2.73. The lowest BCUT2D eigenvalue weighted by Crippen LogP contribution is -2.50. The summed E-state index contributed by atoms with van der Waals surface area (Å²) in [6.45, 7) is 6.37. The highest BCUT2D eigenvalue weighted by Gasteiger charge is 2.40. The van der Waals surface area contributed by atoms with Crippen LogP contribution in [0.1, 0.15) is 31.4 Å². The minimum Gasteiger partial charge on any atom is -0.480 e. The predicted molar refractivity (Wildman–Crippen MR) is 79.4 cm³/mol. The Bertz CT molecular complexity index is 470. The first-order chi connectivity index (χ1) is 9.39. The number of benzene rings is 1. The Morgan fingerprint density at radius 1 is 1.35 bits per heavy atom. The quantitative estimate of drug-likeness (QED) is 0.861. The summed E-state index contributed by atoms with van der Waals surface area (Å²) < 4.78 is 0. The first-order valence-corrected chi connectivity index (χ1v) is 7.21. The van der Waals surface area contributed by atoms with Gasteiger partial charge in [-0.2, -0.15) is 0 Å². The number of nitrogens with two attached hydrogens (primary N) is 1. The van der Waals surface area contributed by atoms with Crippen molar-refractivity contribution in [2.75, 3.05) is 13.1 Å². The molecule has 0 aliphatic carbocycles. The molecule has 1 heterocycles. The number of carboxylic acid groups (broad SMARTS) is 1. The zero-order valence-electron chi connectivity index (χ0n) is 12.3. The number of rotatable bonds is 5. The molecule has 4 nitrogen and oxygen atoms in total. The molecule has 1 saturated heterocycles. The summed E-state index contributed by atoms with van der Waals surface area (Å²) in [7, 11) is 0. The molecule has 1 aromatic rings. The molecule has 20 heavy (non-hydrogen) atoms. The molecule has 1 unspecified atom stereocenters. The highest BCUT2D eigenvalue weighted by molar-refractivity contribution is 5.79. The maximum Gasteiger partial charge on any atom is 0.325 e. The molecule has 0 aromatic heterocycles. The summed E-state index contributed by atoms with van der Waals surface area (Å²) >= 11 is 0. The van der Waals surface area contributed by atoms with Crippen LogP contribution in [0.4, 0.5) is 0 Å². The lowest BCUT2D eigenvalue weighted by atomic mass is 10.0. The number of hydrogen-bond donors (Lipinski definition) is 2. The molecule has 0 saturated carbocycles. The molecule has 110 valence electrons. The number of carbonyl (C=O) groups is 1. The largest absolute Gasteiger partial charge is 0.480 e. The predicted octanol–water partition coefficient (Wildman–Crippen LogP) is 1.87. The lowest BCUT2D eigenvalue weighted by molar-refractivity contribution is -0.142. The van der Waals surface area contributed by atoms with Gasteiger partial charge < -0.3 is 10.8 Å². The van der Waals surface area contributed by atoms with Crippen molar-refractivity contribution in [2.45, 2.75) is 38.8 Å². The van der Waals surface area contributed by atoms with Crippen molar-refractivity contribution < 1.29 is 9.90 Å². The van der Waals surface area contributed by atoms with Gasteiger partial charge in [-0.1, -0.05) is 38.1 Å². The molecule has 4 heteroatoms. The van der Waals surface area contributed by atoms with Gasteiger partial charge in [-0.25, -0.2) is 0 Å². The fraction of sp³-hybridized carbons (Fsp3) is 0.562. The van der Waals surface area contributed by atoms with E-state index >= 15 is 0 Å². The van der Waals surface area contributed by atoms with Crippen LogP contribution >= 0.6 is 0 Å². The van der Waals surface area contributed by atoms with Gasteiger partial charge >= 0.3 is 5.97 Å². The average Bonchev–Trinajstić information content (AvgIpc) is 2.74. The first kappa shape index (κ1) is 15.0. The minimum absolute atomic E-state index is 0.427. The average molecular weight is 276 g/mol. The Morgan fingerprint density at radius 3 is 2.45 bits per heavy atom. The third-order valence-corrected chi connectivity index (χ3v) is 3.88. The third kappa shape index (κ3) is 3.58. The third-order valence-electron chi connectivity index (χ3n) is 3.88. The number of nitrogens with zero attached hydrogens (tertiary/aromatic N) is 1. The van der Waals surface area contributed by atoms with E-state index in [1.54, 1.807) is 0 Å². The molecule has 1 fully saturated rings. The van der Waals surface area contributed by atoms with E-state index < -0.39 is 11.5 Å². The minimum atomic E-state index is -1.07. The van der Waals surface area contributed by atoms with Crippen LogP contribution in [0.3, 0.4) is 0 Å². The number of likely N-dealkylation sites (tertiary alicyclic amines) is 1. The molecule has 2 rings (SSSR count). The molecule has 0 spiro atoms. The molecule has 3 N–H and O–H groups in total. The topological polar surface area (TPSA) is 66.6 Å². The van der Waals surface area contributed by atoms with E-state index in [0.29, 0.717) is 18.9 Å². The summed E-state index contributed by atoms with van der Waals surface area (Å²) in [6.07, 6.45) is 1.61. The van der Waals surface area contributed by atoms with Crippen LogP contribution in [0.5, 0.6) is 0 Å². The van der Waals surface area contributed by atoms with E-state index in [9.17, 15) is 4.79 Å². The maximum atomic E-state index is 11.1. The Balaban J connectivity index is 1.93. The van der Waals surface area contributed by atoms with Crippen molar-refractivity contribution in [3.63, 3.8) is 0 Å². The number of hydrogen-bond acceptors (Lipinski definition) is 3. The van der Waals surface area contributed by atoms with Crippen molar-refractivity contribution in [2.24, 2.45) is 11.7 Å². The highest BCUT2D eigenvalue weighted by atomic mass is 16.4. The number of aliphatic carboxylic acids is 1. The number of carboxylic acids is 1.